The standard InChI is InChI=1S/C14H29NO/c1-4-5-7-13-8-6-9-14(13)15-12(3)11(2)10-16/h11-16H,4-10H2,1-3H3. The summed E-state index contributed by atoms with van der Waals surface area (Å²) in [5.74, 6) is 1.25. The zero-order valence-corrected chi connectivity index (χ0v) is 11.2. The van der Waals surface area contributed by atoms with Gasteiger partial charge in [-0.3, -0.25) is 0 Å². The van der Waals surface area contributed by atoms with Crippen LogP contribution in [-0.4, -0.2) is 23.8 Å². The summed E-state index contributed by atoms with van der Waals surface area (Å²) in [6.45, 7) is 6.89. The molecule has 0 spiro atoms. The van der Waals surface area contributed by atoms with Gasteiger partial charge in [-0.1, -0.05) is 33.1 Å². The van der Waals surface area contributed by atoms with Crippen LogP contribution in [0.5, 0.6) is 0 Å². The third kappa shape index (κ3) is 4.06. The summed E-state index contributed by atoms with van der Waals surface area (Å²) in [4.78, 5) is 0. The van der Waals surface area contributed by atoms with E-state index in [1.807, 2.05) is 0 Å². The van der Waals surface area contributed by atoms with Gasteiger partial charge in [-0.2, -0.15) is 0 Å². The number of unbranched alkanes of at least 4 members (excludes halogenated alkanes) is 1. The fraction of sp³-hybridized carbons (Fsp3) is 1.00. The highest BCUT2D eigenvalue weighted by Gasteiger charge is 2.28. The molecule has 1 aliphatic rings. The lowest BCUT2D eigenvalue weighted by Gasteiger charge is -2.28. The molecule has 2 nitrogen and oxygen atoms in total. The van der Waals surface area contributed by atoms with Crippen LogP contribution in [0.25, 0.3) is 0 Å². The van der Waals surface area contributed by atoms with Gasteiger partial charge in [-0.05, 0) is 38.0 Å². The molecule has 0 aliphatic heterocycles. The van der Waals surface area contributed by atoms with Crippen molar-refractivity contribution < 1.29 is 5.11 Å². The topological polar surface area (TPSA) is 32.3 Å². The van der Waals surface area contributed by atoms with Gasteiger partial charge in [0.2, 0.25) is 0 Å². The molecule has 1 saturated carbocycles. The Balaban J connectivity index is 2.34. The van der Waals surface area contributed by atoms with Crippen molar-refractivity contribution in [2.75, 3.05) is 6.61 Å². The van der Waals surface area contributed by atoms with Crippen LogP contribution in [0, 0.1) is 11.8 Å². The molecule has 16 heavy (non-hydrogen) atoms. The summed E-state index contributed by atoms with van der Waals surface area (Å²) >= 11 is 0. The summed E-state index contributed by atoms with van der Waals surface area (Å²) in [6, 6.07) is 1.15. The Hall–Kier alpha value is -0.0800. The SMILES string of the molecule is CCCCC1CCCC1NC(C)C(C)CO. The lowest BCUT2D eigenvalue weighted by molar-refractivity contribution is 0.193. The molecule has 1 fully saturated rings. The van der Waals surface area contributed by atoms with E-state index in [9.17, 15) is 0 Å². The third-order valence-corrected chi connectivity index (χ3v) is 4.21. The fourth-order valence-corrected chi connectivity index (χ4v) is 2.73. The molecule has 2 N–H and O–H groups in total. The maximum Gasteiger partial charge on any atom is 0.0471 e. The largest absolute Gasteiger partial charge is 0.396 e. The van der Waals surface area contributed by atoms with E-state index in [-0.39, 0.29) is 0 Å². The van der Waals surface area contributed by atoms with Gasteiger partial charge >= 0.3 is 0 Å². The second-order valence-electron chi connectivity index (χ2n) is 5.55. The fourth-order valence-electron chi connectivity index (χ4n) is 2.73. The minimum Gasteiger partial charge on any atom is -0.396 e. The molecular formula is C14H29NO. The Labute approximate surface area is 101 Å². The van der Waals surface area contributed by atoms with E-state index in [2.05, 4.69) is 26.1 Å². The number of rotatable bonds is 7. The van der Waals surface area contributed by atoms with Crippen LogP contribution in [0.2, 0.25) is 0 Å². The minimum atomic E-state index is 0.292. The smallest absolute Gasteiger partial charge is 0.0471 e. The van der Waals surface area contributed by atoms with E-state index in [1.54, 1.807) is 0 Å². The van der Waals surface area contributed by atoms with Gasteiger partial charge in [0, 0.05) is 18.7 Å². The Morgan fingerprint density at radius 1 is 1.31 bits per heavy atom. The van der Waals surface area contributed by atoms with Gasteiger partial charge < -0.3 is 10.4 Å². The summed E-state index contributed by atoms with van der Waals surface area (Å²) in [6.07, 6.45) is 8.17. The van der Waals surface area contributed by atoms with E-state index in [1.165, 1.54) is 38.5 Å². The van der Waals surface area contributed by atoms with Gasteiger partial charge in [-0.15, -0.1) is 0 Å². The van der Waals surface area contributed by atoms with E-state index in [0.29, 0.717) is 24.6 Å². The Kier molecular flexibility index (Phi) is 6.37. The predicted molar refractivity (Wildman–Crippen MR) is 69.5 cm³/mol. The zero-order chi connectivity index (χ0) is 12.0. The monoisotopic (exact) mass is 227 g/mol. The quantitative estimate of drug-likeness (QED) is 0.701. The molecule has 0 aromatic carbocycles. The molecular weight excluding hydrogens is 198 g/mol. The highest BCUT2D eigenvalue weighted by atomic mass is 16.3. The van der Waals surface area contributed by atoms with Gasteiger partial charge in [0.05, 0.1) is 0 Å². The van der Waals surface area contributed by atoms with Crippen LogP contribution >= 0.6 is 0 Å². The summed E-state index contributed by atoms with van der Waals surface area (Å²) in [5, 5.41) is 12.9. The Morgan fingerprint density at radius 2 is 2.06 bits per heavy atom. The van der Waals surface area contributed by atoms with Crippen LogP contribution in [-0.2, 0) is 0 Å². The summed E-state index contributed by atoms with van der Waals surface area (Å²) in [7, 11) is 0. The zero-order valence-electron chi connectivity index (χ0n) is 11.2. The van der Waals surface area contributed by atoms with Crippen molar-refractivity contribution in [1.82, 2.24) is 5.32 Å². The predicted octanol–water partition coefficient (Wildman–Crippen LogP) is 2.95. The first kappa shape index (κ1) is 14.0. The van der Waals surface area contributed by atoms with Crippen molar-refractivity contribution in [1.29, 1.82) is 0 Å². The van der Waals surface area contributed by atoms with Crippen LogP contribution in [0.4, 0.5) is 0 Å². The van der Waals surface area contributed by atoms with Crippen molar-refractivity contribution in [3.05, 3.63) is 0 Å². The average Bonchev–Trinajstić information content (AvgIpc) is 2.72. The van der Waals surface area contributed by atoms with Crippen LogP contribution in [0.3, 0.4) is 0 Å². The molecule has 0 radical (unpaired) electrons. The lowest BCUT2D eigenvalue weighted by Crippen LogP contribution is -2.43. The van der Waals surface area contributed by atoms with Crippen LogP contribution in [0.15, 0.2) is 0 Å². The molecule has 0 heterocycles. The minimum absolute atomic E-state index is 0.292. The van der Waals surface area contributed by atoms with E-state index in [4.69, 9.17) is 5.11 Å². The maximum atomic E-state index is 9.15. The van der Waals surface area contributed by atoms with Crippen LogP contribution < -0.4 is 5.32 Å². The molecule has 4 atom stereocenters. The lowest BCUT2D eigenvalue weighted by atomic mass is 9.95. The van der Waals surface area contributed by atoms with Gasteiger partial charge in [0.1, 0.15) is 0 Å². The van der Waals surface area contributed by atoms with Gasteiger partial charge in [0.25, 0.3) is 0 Å². The molecule has 0 amide bonds. The number of aliphatic hydroxyl groups excluding tert-OH is 1. The molecule has 96 valence electrons. The van der Waals surface area contributed by atoms with Crippen molar-refractivity contribution in [2.24, 2.45) is 11.8 Å². The summed E-state index contributed by atoms with van der Waals surface area (Å²) < 4.78 is 0. The molecule has 1 rings (SSSR count). The Morgan fingerprint density at radius 3 is 2.69 bits per heavy atom. The summed E-state index contributed by atoms with van der Waals surface area (Å²) in [5.41, 5.74) is 0. The van der Waals surface area contributed by atoms with E-state index in [0.717, 1.165) is 5.92 Å². The molecule has 0 aromatic rings. The van der Waals surface area contributed by atoms with Crippen molar-refractivity contribution in [2.45, 2.75) is 71.4 Å². The molecule has 0 saturated heterocycles. The second-order valence-corrected chi connectivity index (χ2v) is 5.55. The highest BCUT2D eigenvalue weighted by Crippen LogP contribution is 2.30. The first-order chi connectivity index (χ1) is 7.69. The highest BCUT2D eigenvalue weighted by molar-refractivity contribution is 4.85. The molecule has 2 heteroatoms. The Bertz CT molecular complexity index is 184. The number of hydrogen-bond acceptors (Lipinski definition) is 2. The molecule has 4 unspecified atom stereocenters. The van der Waals surface area contributed by atoms with Gasteiger partial charge in [0.15, 0.2) is 0 Å². The van der Waals surface area contributed by atoms with Crippen molar-refractivity contribution in [3.63, 3.8) is 0 Å². The average molecular weight is 227 g/mol. The first-order valence-electron chi connectivity index (χ1n) is 7.06. The van der Waals surface area contributed by atoms with Crippen LogP contribution in [0.1, 0.15) is 59.3 Å². The van der Waals surface area contributed by atoms with Crippen molar-refractivity contribution in [3.8, 4) is 0 Å². The first-order valence-corrected chi connectivity index (χ1v) is 7.06. The number of hydrogen-bond donors (Lipinski definition) is 2. The molecule has 0 aromatic heterocycles. The van der Waals surface area contributed by atoms with E-state index >= 15 is 0 Å². The van der Waals surface area contributed by atoms with E-state index < -0.39 is 0 Å². The molecule has 1 aliphatic carbocycles. The van der Waals surface area contributed by atoms with Crippen molar-refractivity contribution >= 4 is 0 Å². The maximum absolute atomic E-state index is 9.15. The number of aliphatic hydroxyl groups is 1. The second kappa shape index (κ2) is 7.29. The molecule has 0 bridgehead atoms. The number of nitrogens with one attached hydrogen (secondary N) is 1. The normalized spacial score (nSPS) is 29.2. The third-order valence-electron chi connectivity index (χ3n) is 4.21. The van der Waals surface area contributed by atoms with Gasteiger partial charge in [-0.25, -0.2) is 0 Å².